The molecule has 1 aliphatic rings. The third-order valence-electron chi connectivity index (χ3n) is 9.24. The SMILES string of the molecule is CCC(C)[C@H](NC(=O)Cc1ccccc1)C(=O)N[C@]1(C(=O)N[C@H](C(N)=S)C(C)CC)CCc2[nH]c3c(C(F)(F)F)cccc3c2C1. The number of aromatic amines is 1. The molecular weight excluding hydrogens is 615 g/mol. The second-order valence-corrected chi connectivity index (χ2v) is 12.9. The first-order valence-corrected chi connectivity index (χ1v) is 16.1. The maximum absolute atomic E-state index is 14.3. The summed E-state index contributed by atoms with van der Waals surface area (Å²) >= 11 is 5.27. The number of carbonyl (C=O) groups is 3. The lowest BCUT2D eigenvalue weighted by Crippen LogP contribution is -2.67. The van der Waals surface area contributed by atoms with Gasteiger partial charge >= 0.3 is 6.18 Å². The minimum absolute atomic E-state index is 0.0613. The maximum atomic E-state index is 14.3. The van der Waals surface area contributed by atoms with Crippen LogP contribution in [0.4, 0.5) is 13.2 Å². The molecule has 12 heteroatoms. The number of para-hydroxylation sites is 1. The van der Waals surface area contributed by atoms with Crippen LogP contribution in [0.15, 0.2) is 48.5 Å². The molecule has 1 heterocycles. The summed E-state index contributed by atoms with van der Waals surface area (Å²) in [6.45, 7) is 7.56. The van der Waals surface area contributed by atoms with E-state index in [0.717, 1.165) is 11.6 Å². The average Bonchev–Trinajstić information content (AvgIpc) is 3.39. The molecule has 1 aromatic heterocycles. The predicted molar refractivity (Wildman–Crippen MR) is 176 cm³/mol. The summed E-state index contributed by atoms with van der Waals surface area (Å²) in [7, 11) is 0. The van der Waals surface area contributed by atoms with E-state index in [1.165, 1.54) is 6.07 Å². The number of benzene rings is 2. The average molecular weight is 658 g/mol. The van der Waals surface area contributed by atoms with E-state index in [1.807, 2.05) is 58.0 Å². The third kappa shape index (κ3) is 7.54. The Hall–Kier alpha value is -3.93. The number of nitrogens with one attached hydrogen (secondary N) is 4. The first kappa shape index (κ1) is 34.9. The highest BCUT2D eigenvalue weighted by Crippen LogP contribution is 2.40. The van der Waals surface area contributed by atoms with E-state index in [4.69, 9.17) is 18.0 Å². The van der Waals surface area contributed by atoms with Crippen LogP contribution in [0.5, 0.6) is 0 Å². The largest absolute Gasteiger partial charge is 0.418 e. The van der Waals surface area contributed by atoms with Crippen molar-refractivity contribution in [3.05, 3.63) is 70.9 Å². The fraction of sp³-hybridized carbons (Fsp3) is 0.471. The number of aryl methyl sites for hydroxylation is 1. The Balaban J connectivity index is 1.72. The lowest BCUT2D eigenvalue weighted by Gasteiger charge is -2.40. The number of nitrogens with two attached hydrogens (primary N) is 1. The molecule has 2 aromatic carbocycles. The number of H-pyrrole nitrogens is 1. The molecule has 5 atom stereocenters. The number of thiocarbonyl (C=S) groups is 1. The van der Waals surface area contributed by atoms with Crippen LogP contribution in [0, 0.1) is 11.8 Å². The fourth-order valence-corrected chi connectivity index (χ4v) is 6.39. The number of hydrogen-bond donors (Lipinski definition) is 5. The van der Waals surface area contributed by atoms with Gasteiger partial charge in [0.05, 0.1) is 28.5 Å². The van der Waals surface area contributed by atoms with Gasteiger partial charge in [-0.05, 0) is 41.9 Å². The van der Waals surface area contributed by atoms with Gasteiger partial charge in [-0.15, -0.1) is 0 Å². The van der Waals surface area contributed by atoms with E-state index in [9.17, 15) is 27.6 Å². The van der Waals surface area contributed by atoms with Gasteiger partial charge in [0.1, 0.15) is 11.6 Å². The van der Waals surface area contributed by atoms with Crippen LogP contribution >= 0.6 is 12.2 Å². The van der Waals surface area contributed by atoms with Crippen molar-refractivity contribution in [2.75, 3.05) is 0 Å². The standard InChI is InChI=1S/C34H42F3N5O3S/c1-5-19(3)27(30(38)46)41-32(45)33(16-15-25-23(18-33)22-13-10-14-24(29(22)39-25)34(35,36)37)42-31(44)28(20(4)6-2)40-26(43)17-21-11-8-7-9-12-21/h7-14,19-20,27-28,39H,5-6,15-18H2,1-4H3,(H2,38,46)(H,40,43)(H,41,45)(H,42,44)/t19?,20?,27-,28-,33+/m0/s1. The Kier molecular flexibility index (Phi) is 10.8. The van der Waals surface area contributed by atoms with Gasteiger partial charge in [0.25, 0.3) is 0 Å². The van der Waals surface area contributed by atoms with E-state index < -0.39 is 41.2 Å². The van der Waals surface area contributed by atoms with Crippen molar-refractivity contribution in [3.8, 4) is 0 Å². The number of aromatic nitrogens is 1. The molecule has 46 heavy (non-hydrogen) atoms. The second-order valence-electron chi connectivity index (χ2n) is 12.4. The molecule has 4 rings (SSSR count). The number of halogens is 3. The minimum atomic E-state index is -4.59. The van der Waals surface area contributed by atoms with Crippen molar-refractivity contribution < 1.29 is 27.6 Å². The first-order valence-electron chi connectivity index (χ1n) is 15.7. The van der Waals surface area contributed by atoms with E-state index >= 15 is 0 Å². The van der Waals surface area contributed by atoms with Crippen molar-refractivity contribution >= 4 is 45.8 Å². The zero-order valence-corrected chi connectivity index (χ0v) is 27.3. The van der Waals surface area contributed by atoms with Crippen molar-refractivity contribution in [2.45, 2.75) is 90.0 Å². The summed E-state index contributed by atoms with van der Waals surface area (Å²) < 4.78 is 41.7. The van der Waals surface area contributed by atoms with Crippen LogP contribution < -0.4 is 21.7 Å². The van der Waals surface area contributed by atoms with E-state index in [1.54, 1.807) is 6.07 Å². The highest BCUT2D eigenvalue weighted by molar-refractivity contribution is 7.80. The van der Waals surface area contributed by atoms with Gasteiger partial charge in [-0.25, -0.2) is 0 Å². The molecule has 8 nitrogen and oxygen atoms in total. The molecule has 3 aromatic rings. The maximum Gasteiger partial charge on any atom is 0.418 e. The summed E-state index contributed by atoms with van der Waals surface area (Å²) in [6, 6.07) is 11.4. The highest BCUT2D eigenvalue weighted by atomic mass is 32.1. The Morgan fingerprint density at radius 2 is 1.63 bits per heavy atom. The Morgan fingerprint density at radius 1 is 0.978 bits per heavy atom. The summed E-state index contributed by atoms with van der Waals surface area (Å²) in [6.07, 6.45) is -3.07. The number of rotatable bonds is 12. The fourth-order valence-electron chi connectivity index (χ4n) is 6.09. The summed E-state index contributed by atoms with van der Waals surface area (Å²) in [5.41, 5.74) is 5.48. The molecule has 0 saturated heterocycles. The highest BCUT2D eigenvalue weighted by Gasteiger charge is 2.47. The van der Waals surface area contributed by atoms with Gasteiger partial charge in [0.15, 0.2) is 0 Å². The van der Waals surface area contributed by atoms with Gasteiger partial charge < -0.3 is 26.7 Å². The van der Waals surface area contributed by atoms with Gasteiger partial charge in [0, 0.05) is 17.5 Å². The zero-order chi connectivity index (χ0) is 33.8. The quantitative estimate of drug-likeness (QED) is 0.173. The number of fused-ring (bicyclic) bond motifs is 3. The Labute approximate surface area is 272 Å². The van der Waals surface area contributed by atoms with Crippen LogP contribution in [-0.2, 0) is 39.8 Å². The molecule has 0 saturated carbocycles. The number of hydrogen-bond acceptors (Lipinski definition) is 4. The molecule has 6 N–H and O–H groups in total. The first-order chi connectivity index (χ1) is 21.7. The molecule has 0 radical (unpaired) electrons. The minimum Gasteiger partial charge on any atom is -0.392 e. The van der Waals surface area contributed by atoms with Gasteiger partial charge in [-0.1, -0.05) is 95.2 Å². The van der Waals surface area contributed by atoms with E-state index in [0.29, 0.717) is 29.5 Å². The monoisotopic (exact) mass is 657 g/mol. The zero-order valence-electron chi connectivity index (χ0n) is 26.5. The molecule has 0 bridgehead atoms. The number of alkyl halides is 3. The van der Waals surface area contributed by atoms with Crippen molar-refractivity contribution in [1.29, 1.82) is 0 Å². The molecule has 3 amide bonds. The lowest BCUT2D eigenvalue weighted by atomic mass is 9.78. The van der Waals surface area contributed by atoms with Crippen molar-refractivity contribution in [3.63, 3.8) is 0 Å². The smallest absolute Gasteiger partial charge is 0.392 e. The summed E-state index contributed by atoms with van der Waals surface area (Å²) in [5, 5.41) is 9.11. The molecule has 0 aliphatic heterocycles. The molecule has 248 valence electrons. The summed E-state index contributed by atoms with van der Waals surface area (Å²) in [4.78, 5) is 44.5. The van der Waals surface area contributed by atoms with Gasteiger partial charge in [0.2, 0.25) is 17.7 Å². The van der Waals surface area contributed by atoms with Crippen molar-refractivity contribution in [2.24, 2.45) is 17.6 Å². The molecule has 2 unspecified atom stereocenters. The van der Waals surface area contributed by atoms with Crippen LogP contribution in [0.1, 0.15) is 69.3 Å². The Bertz CT molecular complexity index is 1590. The Morgan fingerprint density at radius 3 is 2.24 bits per heavy atom. The summed E-state index contributed by atoms with van der Waals surface area (Å²) in [5.74, 6) is -1.84. The predicted octanol–water partition coefficient (Wildman–Crippen LogP) is 5.12. The van der Waals surface area contributed by atoms with Gasteiger partial charge in [-0.2, -0.15) is 13.2 Å². The molecule has 1 aliphatic carbocycles. The van der Waals surface area contributed by atoms with Crippen LogP contribution in [0.3, 0.4) is 0 Å². The number of amides is 3. The molecule has 0 fully saturated rings. The second kappa shape index (κ2) is 14.2. The number of carbonyl (C=O) groups excluding carboxylic acids is 3. The topological polar surface area (TPSA) is 129 Å². The normalized spacial score (nSPS) is 18.9. The van der Waals surface area contributed by atoms with Crippen molar-refractivity contribution in [1.82, 2.24) is 20.9 Å². The van der Waals surface area contributed by atoms with E-state index in [2.05, 4.69) is 20.9 Å². The third-order valence-corrected chi connectivity index (χ3v) is 9.49. The van der Waals surface area contributed by atoms with Crippen LogP contribution in [0.25, 0.3) is 10.9 Å². The van der Waals surface area contributed by atoms with Crippen LogP contribution in [-0.4, -0.2) is 45.3 Å². The lowest BCUT2D eigenvalue weighted by molar-refractivity contribution is -0.137. The molecule has 0 spiro atoms. The van der Waals surface area contributed by atoms with E-state index in [-0.39, 0.29) is 53.9 Å². The van der Waals surface area contributed by atoms with Gasteiger partial charge in [-0.3, -0.25) is 14.4 Å². The van der Waals surface area contributed by atoms with Crippen LogP contribution in [0.2, 0.25) is 0 Å². The molecular formula is C34H42F3N5O3S.